The fraction of sp³-hybridized carbons (Fsp3) is 0.650. The molecule has 1 saturated heterocycles. The Kier molecular flexibility index (Phi) is 5.77. The van der Waals surface area contributed by atoms with Gasteiger partial charge in [0.2, 0.25) is 5.91 Å². The third-order valence-electron chi connectivity index (χ3n) is 5.51. The third-order valence-corrected chi connectivity index (χ3v) is 5.51. The maximum absolute atomic E-state index is 12.6. The summed E-state index contributed by atoms with van der Waals surface area (Å²) in [5, 5.41) is 12.9. The molecule has 1 saturated carbocycles. The van der Waals surface area contributed by atoms with Crippen LogP contribution in [0.4, 0.5) is 0 Å². The molecule has 3 rings (SSSR count). The van der Waals surface area contributed by atoms with Crippen molar-refractivity contribution in [2.45, 2.75) is 63.3 Å². The van der Waals surface area contributed by atoms with Gasteiger partial charge in [0.25, 0.3) is 0 Å². The fourth-order valence-electron chi connectivity index (χ4n) is 4.23. The van der Waals surface area contributed by atoms with E-state index < -0.39 is 0 Å². The van der Waals surface area contributed by atoms with Crippen LogP contribution in [-0.2, 0) is 11.2 Å². The summed E-state index contributed by atoms with van der Waals surface area (Å²) in [6.07, 6.45) is 10.3. The van der Waals surface area contributed by atoms with E-state index in [0.717, 1.165) is 32.4 Å². The molecule has 0 radical (unpaired) electrons. The van der Waals surface area contributed by atoms with Gasteiger partial charge in [0.15, 0.2) is 0 Å². The maximum Gasteiger partial charge on any atom is 0.234 e. The van der Waals surface area contributed by atoms with Crippen molar-refractivity contribution in [1.82, 2.24) is 10.2 Å². The Labute approximate surface area is 145 Å². The quantitative estimate of drug-likeness (QED) is 0.871. The molecule has 2 aliphatic rings. The van der Waals surface area contributed by atoms with Gasteiger partial charge in [-0.05, 0) is 62.9 Å². The lowest BCUT2D eigenvalue weighted by Gasteiger charge is -2.39. The number of benzene rings is 1. The van der Waals surface area contributed by atoms with Crippen LogP contribution < -0.4 is 5.32 Å². The molecule has 2 fully saturated rings. The van der Waals surface area contributed by atoms with Gasteiger partial charge in [0.1, 0.15) is 5.75 Å². The molecule has 24 heavy (non-hydrogen) atoms. The van der Waals surface area contributed by atoms with E-state index in [2.05, 4.69) is 10.2 Å². The summed E-state index contributed by atoms with van der Waals surface area (Å²) in [6.45, 7) is 2.65. The number of phenols is 1. The minimum absolute atomic E-state index is 0.109. The predicted molar refractivity (Wildman–Crippen MR) is 96.1 cm³/mol. The zero-order valence-corrected chi connectivity index (χ0v) is 14.6. The Morgan fingerprint density at radius 3 is 2.29 bits per heavy atom. The predicted octanol–water partition coefficient (Wildman–Crippen LogP) is 3.24. The number of phenolic OH excluding ortho intramolecular Hbond substituents is 1. The minimum Gasteiger partial charge on any atom is -0.508 e. The molecule has 2 N–H and O–H groups in total. The van der Waals surface area contributed by atoms with Gasteiger partial charge in [-0.3, -0.25) is 9.69 Å². The van der Waals surface area contributed by atoms with Crippen molar-refractivity contribution in [2.75, 3.05) is 19.6 Å². The van der Waals surface area contributed by atoms with Crippen molar-refractivity contribution >= 4 is 5.91 Å². The van der Waals surface area contributed by atoms with Crippen LogP contribution in [0.3, 0.4) is 0 Å². The number of nitrogens with one attached hydrogen (secondary N) is 1. The van der Waals surface area contributed by atoms with Gasteiger partial charge >= 0.3 is 0 Å². The highest BCUT2D eigenvalue weighted by atomic mass is 16.3. The first-order chi connectivity index (χ1) is 11.7. The summed E-state index contributed by atoms with van der Waals surface area (Å²) in [4.78, 5) is 14.9. The Morgan fingerprint density at radius 2 is 1.62 bits per heavy atom. The topological polar surface area (TPSA) is 52.6 Å². The van der Waals surface area contributed by atoms with Crippen LogP contribution in [0.1, 0.15) is 56.9 Å². The number of aromatic hydroxyl groups is 1. The van der Waals surface area contributed by atoms with Crippen LogP contribution in [0.2, 0.25) is 0 Å². The molecule has 0 spiro atoms. The zero-order chi connectivity index (χ0) is 16.8. The standard InChI is InChI=1S/C20H30N2O2/c23-18-9-7-17(8-10-18)15-20(11-3-1-4-12-20)21-19(24)16-22-13-5-2-6-14-22/h7-10,23H,1-6,11-16H2,(H,21,24). The summed E-state index contributed by atoms with van der Waals surface area (Å²) in [6, 6.07) is 7.42. The van der Waals surface area contributed by atoms with Gasteiger partial charge in [-0.2, -0.15) is 0 Å². The summed E-state index contributed by atoms with van der Waals surface area (Å²) in [7, 11) is 0. The van der Waals surface area contributed by atoms with Gasteiger partial charge in [-0.25, -0.2) is 0 Å². The van der Waals surface area contributed by atoms with Crippen molar-refractivity contribution in [3.63, 3.8) is 0 Å². The smallest absolute Gasteiger partial charge is 0.234 e. The number of hydrogen-bond acceptors (Lipinski definition) is 3. The van der Waals surface area contributed by atoms with Gasteiger partial charge in [0, 0.05) is 5.54 Å². The van der Waals surface area contributed by atoms with Crippen molar-refractivity contribution < 1.29 is 9.90 Å². The van der Waals surface area contributed by atoms with Crippen molar-refractivity contribution in [1.29, 1.82) is 0 Å². The lowest BCUT2D eigenvalue weighted by atomic mass is 9.77. The first kappa shape index (κ1) is 17.3. The largest absolute Gasteiger partial charge is 0.508 e. The van der Waals surface area contributed by atoms with Crippen LogP contribution >= 0.6 is 0 Å². The Balaban J connectivity index is 1.63. The molecule has 1 aliphatic carbocycles. The minimum atomic E-state index is -0.109. The highest BCUT2D eigenvalue weighted by Crippen LogP contribution is 2.32. The Morgan fingerprint density at radius 1 is 1.00 bits per heavy atom. The second-order valence-corrected chi connectivity index (χ2v) is 7.57. The van der Waals surface area contributed by atoms with Gasteiger partial charge in [-0.1, -0.05) is 37.8 Å². The number of piperidine rings is 1. The number of carbonyl (C=O) groups is 1. The molecule has 1 aromatic carbocycles. The Hall–Kier alpha value is -1.55. The molecular formula is C20H30N2O2. The summed E-state index contributed by atoms with van der Waals surface area (Å²) >= 11 is 0. The Bertz CT molecular complexity index is 529. The highest BCUT2D eigenvalue weighted by Gasteiger charge is 2.34. The van der Waals surface area contributed by atoms with Crippen molar-refractivity contribution in [2.24, 2.45) is 0 Å². The lowest BCUT2D eigenvalue weighted by molar-refractivity contribution is -0.124. The first-order valence-electron chi connectivity index (χ1n) is 9.47. The van der Waals surface area contributed by atoms with E-state index in [1.165, 1.54) is 44.1 Å². The second kappa shape index (κ2) is 8.02. The molecule has 0 unspecified atom stereocenters. The second-order valence-electron chi connectivity index (χ2n) is 7.57. The van der Waals surface area contributed by atoms with E-state index in [1.807, 2.05) is 12.1 Å². The van der Waals surface area contributed by atoms with Crippen LogP contribution in [0.5, 0.6) is 5.75 Å². The average Bonchev–Trinajstić information content (AvgIpc) is 2.58. The van der Waals surface area contributed by atoms with Crippen LogP contribution in [-0.4, -0.2) is 41.1 Å². The SMILES string of the molecule is O=C(CN1CCCCC1)NC1(Cc2ccc(O)cc2)CCCCC1. The third kappa shape index (κ3) is 4.73. The molecule has 1 heterocycles. The van der Waals surface area contributed by atoms with Crippen LogP contribution in [0.25, 0.3) is 0 Å². The normalized spacial score (nSPS) is 21.3. The zero-order valence-electron chi connectivity index (χ0n) is 14.6. The number of rotatable bonds is 5. The van der Waals surface area contributed by atoms with Crippen LogP contribution in [0.15, 0.2) is 24.3 Å². The van der Waals surface area contributed by atoms with Crippen LogP contribution in [0, 0.1) is 0 Å². The van der Waals surface area contributed by atoms with Crippen molar-refractivity contribution in [3.05, 3.63) is 29.8 Å². The maximum atomic E-state index is 12.6. The lowest BCUT2D eigenvalue weighted by Crippen LogP contribution is -2.54. The summed E-state index contributed by atoms with van der Waals surface area (Å²) in [5.41, 5.74) is 1.08. The average molecular weight is 330 g/mol. The van der Waals surface area contributed by atoms with E-state index in [9.17, 15) is 9.90 Å². The molecule has 0 bridgehead atoms. The fourth-order valence-corrected chi connectivity index (χ4v) is 4.23. The number of nitrogens with zero attached hydrogens (tertiary/aromatic N) is 1. The summed E-state index contributed by atoms with van der Waals surface area (Å²) < 4.78 is 0. The molecule has 4 nitrogen and oxygen atoms in total. The molecule has 4 heteroatoms. The number of hydrogen-bond donors (Lipinski definition) is 2. The van der Waals surface area contributed by atoms with Crippen molar-refractivity contribution in [3.8, 4) is 5.75 Å². The summed E-state index contributed by atoms with van der Waals surface area (Å²) in [5.74, 6) is 0.475. The highest BCUT2D eigenvalue weighted by molar-refractivity contribution is 5.79. The molecule has 0 aromatic heterocycles. The van der Waals surface area contributed by atoms with E-state index in [1.54, 1.807) is 12.1 Å². The van der Waals surface area contributed by atoms with Gasteiger partial charge in [0.05, 0.1) is 6.54 Å². The molecule has 1 amide bonds. The number of carbonyl (C=O) groups excluding carboxylic acids is 1. The van der Waals surface area contributed by atoms with E-state index in [4.69, 9.17) is 0 Å². The van der Waals surface area contributed by atoms with E-state index in [-0.39, 0.29) is 11.4 Å². The number of amides is 1. The van der Waals surface area contributed by atoms with Gasteiger partial charge in [-0.15, -0.1) is 0 Å². The molecule has 132 valence electrons. The molecular weight excluding hydrogens is 300 g/mol. The van der Waals surface area contributed by atoms with E-state index in [0.29, 0.717) is 12.3 Å². The number of likely N-dealkylation sites (tertiary alicyclic amines) is 1. The first-order valence-corrected chi connectivity index (χ1v) is 9.47. The van der Waals surface area contributed by atoms with Gasteiger partial charge < -0.3 is 10.4 Å². The monoisotopic (exact) mass is 330 g/mol. The molecule has 1 aromatic rings. The van der Waals surface area contributed by atoms with E-state index >= 15 is 0 Å². The molecule has 1 aliphatic heterocycles. The molecule has 0 atom stereocenters.